The zero-order valence-corrected chi connectivity index (χ0v) is 13.4. The van der Waals surface area contributed by atoms with Gasteiger partial charge >= 0.3 is 0 Å². The minimum atomic E-state index is -0.961. The van der Waals surface area contributed by atoms with Gasteiger partial charge in [0.25, 0.3) is 5.91 Å². The summed E-state index contributed by atoms with van der Waals surface area (Å²) < 4.78 is 26.3. The van der Waals surface area contributed by atoms with E-state index in [1.807, 2.05) is 0 Å². The molecule has 126 valence electrons. The summed E-state index contributed by atoms with van der Waals surface area (Å²) >= 11 is 0. The zero-order chi connectivity index (χ0) is 17.1. The van der Waals surface area contributed by atoms with Crippen LogP contribution in [-0.2, 0) is 0 Å². The van der Waals surface area contributed by atoms with Crippen molar-refractivity contribution >= 4 is 17.5 Å². The van der Waals surface area contributed by atoms with Crippen molar-refractivity contribution in [3.8, 4) is 0 Å². The first-order valence-corrected chi connectivity index (χ1v) is 7.90. The van der Waals surface area contributed by atoms with E-state index in [0.717, 1.165) is 44.5 Å². The Balaban J connectivity index is 1.82. The molecule has 1 aromatic carbocycles. The van der Waals surface area contributed by atoms with Crippen LogP contribution in [0.4, 0.5) is 20.4 Å². The van der Waals surface area contributed by atoms with Gasteiger partial charge in [0.1, 0.15) is 5.69 Å². The number of amides is 1. The molecule has 1 aromatic heterocycles. The highest BCUT2D eigenvalue weighted by molar-refractivity contribution is 5.92. The van der Waals surface area contributed by atoms with Crippen molar-refractivity contribution in [2.24, 2.45) is 0 Å². The molecule has 7 heteroatoms. The Kier molecular flexibility index (Phi) is 4.69. The Hall–Kier alpha value is -2.57. The summed E-state index contributed by atoms with van der Waals surface area (Å²) in [5, 5.41) is 2.81. The molecule has 1 aliphatic rings. The standard InChI is InChI=1S/C17H18F2N4O/c1-11-9-15(16(24)23-7-3-2-4-8-23)22-17(20-11)21-12-5-6-13(18)14(19)10-12/h5-6,9-10H,2-4,7-8H2,1H3,(H,20,21,22). The molecule has 0 atom stereocenters. The highest BCUT2D eigenvalue weighted by atomic mass is 19.2. The lowest BCUT2D eigenvalue weighted by Crippen LogP contribution is -2.36. The molecule has 0 unspecified atom stereocenters. The van der Waals surface area contributed by atoms with Crippen molar-refractivity contribution in [3.63, 3.8) is 0 Å². The molecule has 1 saturated heterocycles. The fourth-order valence-electron chi connectivity index (χ4n) is 2.70. The van der Waals surface area contributed by atoms with Crippen molar-refractivity contribution in [2.75, 3.05) is 18.4 Å². The van der Waals surface area contributed by atoms with Gasteiger partial charge in [-0.3, -0.25) is 4.79 Å². The van der Waals surface area contributed by atoms with Crippen LogP contribution in [0, 0.1) is 18.6 Å². The highest BCUT2D eigenvalue weighted by Crippen LogP contribution is 2.18. The van der Waals surface area contributed by atoms with Crippen molar-refractivity contribution in [1.82, 2.24) is 14.9 Å². The summed E-state index contributed by atoms with van der Waals surface area (Å²) in [6, 6.07) is 5.06. The van der Waals surface area contributed by atoms with Gasteiger partial charge in [0.2, 0.25) is 5.95 Å². The van der Waals surface area contributed by atoms with Crippen LogP contribution in [0.1, 0.15) is 35.4 Å². The molecule has 1 amide bonds. The van der Waals surface area contributed by atoms with Gasteiger partial charge in [0, 0.05) is 30.5 Å². The molecular weight excluding hydrogens is 314 g/mol. The molecule has 0 aliphatic carbocycles. The maximum atomic E-state index is 13.3. The van der Waals surface area contributed by atoms with E-state index in [9.17, 15) is 13.6 Å². The van der Waals surface area contributed by atoms with Gasteiger partial charge in [0.05, 0.1) is 0 Å². The summed E-state index contributed by atoms with van der Waals surface area (Å²) in [4.78, 5) is 22.8. The minimum absolute atomic E-state index is 0.131. The topological polar surface area (TPSA) is 58.1 Å². The number of hydrogen-bond acceptors (Lipinski definition) is 4. The summed E-state index contributed by atoms with van der Waals surface area (Å²) in [5.41, 5.74) is 1.24. The number of benzene rings is 1. The summed E-state index contributed by atoms with van der Waals surface area (Å²) in [7, 11) is 0. The van der Waals surface area contributed by atoms with Crippen LogP contribution in [0.25, 0.3) is 0 Å². The molecular formula is C17H18F2N4O. The third-order valence-electron chi connectivity index (χ3n) is 3.89. The SMILES string of the molecule is Cc1cc(C(=O)N2CCCCC2)nc(Nc2ccc(F)c(F)c2)n1. The van der Waals surface area contributed by atoms with Gasteiger partial charge in [-0.1, -0.05) is 0 Å². The molecule has 1 fully saturated rings. The third kappa shape index (κ3) is 3.67. The zero-order valence-electron chi connectivity index (χ0n) is 13.4. The smallest absolute Gasteiger partial charge is 0.272 e. The molecule has 0 spiro atoms. The summed E-state index contributed by atoms with van der Waals surface area (Å²) in [6.45, 7) is 3.22. The van der Waals surface area contributed by atoms with Crippen molar-refractivity contribution in [3.05, 3.63) is 47.3 Å². The van der Waals surface area contributed by atoms with Gasteiger partial charge in [-0.05, 0) is 44.4 Å². The molecule has 3 rings (SSSR count). The number of halogens is 2. The Bertz CT molecular complexity index is 760. The summed E-state index contributed by atoms with van der Waals surface area (Å²) in [5.74, 6) is -1.83. The second-order valence-corrected chi connectivity index (χ2v) is 5.82. The number of likely N-dealkylation sites (tertiary alicyclic amines) is 1. The second kappa shape index (κ2) is 6.90. The normalized spacial score (nSPS) is 14.5. The molecule has 1 N–H and O–H groups in total. The molecule has 0 saturated carbocycles. The second-order valence-electron chi connectivity index (χ2n) is 5.82. The average molecular weight is 332 g/mol. The van der Waals surface area contributed by atoms with Crippen molar-refractivity contribution < 1.29 is 13.6 Å². The largest absolute Gasteiger partial charge is 0.337 e. The first kappa shape index (κ1) is 16.3. The van der Waals surface area contributed by atoms with Crippen molar-refractivity contribution in [2.45, 2.75) is 26.2 Å². The van der Waals surface area contributed by atoms with Crippen LogP contribution in [0.2, 0.25) is 0 Å². The number of hydrogen-bond donors (Lipinski definition) is 1. The van der Waals surface area contributed by atoms with Gasteiger partial charge in [0.15, 0.2) is 11.6 Å². The Morgan fingerprint density at radius 1 is 1.08 bits per heavy atom. The van der Waals surface area contributed by atoms with E-state index in [0.29, 0.717) is 17.1 Å². The van der Waals surface area contributed by atoms with E-state index in [1.54, 1.807) is 17.9 Å². The van der Waals surface area contributed by atoms with Gasteiger partial charge in [-0.2, -0.15) is 0 Å². The molecule has 2 heterocycles. The number of carbonyl (C=O) groups excluding carboxylic acids is 1. The predicted octanol–water partition coefficient (Wildman–Crippen LogP) is 3.43. The average Bonchev–Trinajstić information content (AvgIpc) is 2.58. The molecule has 0 radical (unpaired) electrons. The Labute approximate surface area is 138 Å². The molecule has 5 nitrogen and oxygen atoms in total. The van der Waals surface area contributed by atoms with Crippen LogP contribution < -0.4 is 5.32 Å². The van der Waals surface area contributed by atoms with E-state index < -0.39 is 11.6 Å². The lowest BCUT2D eigenvalue weighted by Gasteiger charge is -2.26. The van der Waals surface area contributed by atoms with Gasteiger partial charge < -0.3 is 10.2 Å². The lowest BCUT2D eigenvalue weighted by atomic mass is 10.1. The Morgan fingerprint density at radius 2 is 1.83 bits per heavy atom. The number of rotatable bonds is 3. The van der Waals surface area contributed by atoms with Gasteiger partial charge in [-0.25, -0.2) is 18.7 Å². The van der Waals surface area contributed by atoms with Crippen LogP contribution in [-0.4, -0.2) is 33.9 Å². The number of aryl methyl sites for hydroxylation is 1. The highest BCUT2D eigenvalue weighted by Gasteiger charge is 2.20. The molecule has 24 heavy (non-hydrogen) atoms. The van der Waals surface area contributed by atoms with Gasteiger partial charge in [-0.15, -0.1) is 0 Å². The number of nitrogens with zero attached hydrogens (tertiary/aromatic N) is 3. The maximum absolute atomic E-state index is 13.3. The van der Waals surface area contributed by atoms with Crippen molar-refractivity contribution in [1.29, 1.82) is 0 Å². The fraction of sp³-hybridized carbons (Fsp3) is 0.353. The van der Waals surface area contributed by atoms with Crippen LogP contribution in [0.5, 0.6) is 0 Å². The molecule has 1 aliphatic heterocycles. The molecule has 0 bridgehead atoms. The minimum Gasteiger partial charge on any atom is -0.337 e. The summed E-state index contributed by atoms with van der Waals surface area (Å²) in [6.07, 6.45) is 3.13. The first-order chi connectivity index (χ1) is 11.5. The number of anilines is 2. The number of carbonyl (C=O) groups is 1. The number of piperidine rings is 1. The van der Waals surface area contributed by atoms with E-state index in [1.165, 1.54) is 6.07 Å². The fourth-order valence-corrected chi connectivity index (χ4v) is 2.70. The third-order valence-corrected chi connectivity index (χ3v) is 3.89. The first-order valence-electron chi connectivity index (χ1n) is 7.90. The quantitative estimate of drug-likeness (QED) is 0.935. The lowest BCUT2D eigenvalue weighted by molar-refractivity contribution is 0.0718. The van der Waals surface area contributed by atoms with E-state index in [4.69, 9.17) is 0 Å². The predicted molar refractivity (Wildman–Crippen MR) is 86.2 cm³/mol. The van der Waals surface area contributed by atoms with Crippen LogP contribution in [0.3, 0.4) is 0 Å². The molecule has 2 aromatic rings. The van der Waals surface area contributed by atoms with E-state index >= 15 is 0 Å². The number of aromatic nitrogens is 2. The van der Waals surface area contributed by atoms with E-state index in [-0.39, 0.29) is 11.9 Å². The number of nitrogens with one attached hydrogen (secondary N) is 1. The maximum Gasteiger partial charge on any atom is 0.272 e. The van der Waals surface area contributed by atoms with Crippen LogP contribution in [0.15, 0.2) is 24.3 Å². The monoisotopic (exact) mass is 332 g/mol. The van der Waals surface area contributed by atoms with Crippen LogP contribution >= 0.6 is 0 Å². The Morgan fingerprint density at radius 3 is 2.54 bits per heavy atom. The van der Waals surface area contributed by atoms with E-state index in [2.05, 4.69) is 15.3 Å².